The molecule has 0 heterocycles. The van der Waals surface area contributed by atoms with E-state index in [0.29, 0.717) is 0 Å². The van der Waals surface area contributed by atoms with E-state index in [-0.39, 0.29) is 0 Å². The molecule has 0 aromatic heterocycles. The molecule has 0 N–H and O–H groups in total. The van der Waals surface area contributed by atoms with E-state index in [2.05, 4.69) is 0 Å². The fraction of sp³-hybridized carbons (Fsp3) is 0. The lowest BCUT2D eigenvalue weighted by Gasteiger charge is -2.64. The van der Waals surface area contributed by atoms with E-state index in [9.17, 15) is 0 Å². The Labute approximate surface area is 846 Å². The molecule has 0 aliphatic carbocycles. The minimum Gasteiger partial charge on any atom is 0 e. The van der Waals surface area contributed by atoms with Crippen LogP contribution in [0.1, 0.15) is 0 Å². The molecular formula is B121. The highest BCUT2D eigenvalue weighted by atomic mass is 13.5. The second-order valence-electron chi connectivity index (χ2n) is 34.3. The highest BCUT2D eigenvalue weighted by Crippen LogP contribution is 2.33. The Kier molecular flexibility index (Phi) is 63.4. The first-order valence-electron chi connectivity index (χ1n) is 40.0. The standard InChI is InChI=1S/B121/c1-62-93(63(2)3)108(92(60)61)116(109(94(64(4)5)65(6)7)95(66(8)9)67(10)11)120(117(110(96(68(12)13)69(14)15)97(70(16)17)71(18)19)111(98(72(20)21)73(22)23)99(74(24)25)75(26)27)121(118(112(100(76(28)29)77(30)31)101(78(32)33)79(34)35)113(102(80(36)37)81(38)39)103(82(40)41)83(42)43)119(114(104(84(44)45)85(46)47)105(86(48)49)87(50)51)115(106(88(52)53)89(54)55)107(90(56)57)91(58)59. The van der Waals surface area contributed by atoms with Crippen LogP contribution in [0.3, 0.4) is 0 Å². The molecule has 0 amide bonds. The molecule has 0 spiro atoms. The summed E-state index contributed by atoms with van der Waals surface area (Å²) in [6.07, 6.45) is -124. The van der Waals surface area contributed by atoms with Crippen LogP contribution in [-0.4, -0.2) is 856 Å². The predicted molar refractivity (Wildman–Crippen MR) is 696 cm³/mol. The Hall–Kier alpha value is 7.86. The largest absolute Gasteiger partial charge is 0 e. The van der Waals surface area contributed by atoms with Crippen molar-refractivity contribution in [3.05, 3.63) is 0 Å². The van der Waals surface area contributed by atoms with Crippen LogP contribution < -0.4 is 0 Å². The molecule has 0 unspecified atom stereocenters. The van der Waals surface area contributed by atoms with Gasteiger partial charge in [-0.2, -0.15) is 0 Å². The molecule has 0 aromatic rings. The molecule has 123 radical (unpaired) electrons. The molecule has 0 bridgehead atoms. The van der Waals surface area contributed by atoms with Gasteiger partial charge in [0.1, 0.15) is 0 Å². The summed E-state index contributed by atoms with van der Waals surface area (Å²) < 4.78 is 0. The van der Waals surface area contributed by atoms with E-state index >= 15 is 0 Å². The topological polar surface area (TPSA) is 0 Å². The summed E-state index contributed by atoms with van der Waals surface area (Å²) >= 11 is 0. The van der Waals surface area contributed by atoms with Gasteiger partial charge in [-0.25, -0.2) is 0 Å². The third-order valence-electron chi connectivity index (χ3n) is 26.0. The first kappa shape index (κ1) is 129. The first-order valence-corrected chi connectivity index (χ1v) is 40.0. The zero-order chi connectivity index (χ0) is 95.8. The highest BCUT2D eigenvalue weighted by molar-refractivity contribution is 8.46. The molecule has 0 fully saturated rings. The van der Waals surface area contributed by atoms with Gasteiger partial charge in [0.25, 0.3) is 0 Å². The second-order valence-corrected chi connectivity index (χ2v) is 34.3. The summed E-state index contributed by atoms with van der Waals surface area (Å²) in [6.45, 7) is 0. The van der Waals surface area contributed by atoms with Gasteiger partial charge in [-0.05, 0) is 0 Å². The number of hydrogen-bond acceptors (Lipinski definition) is 0. The molecule has 0 saturated carbocycles. The molecule has 363 valence electrons. The van der Waals surface area contributed by atoms with Gasteiger partial charge in [0.2, 0.25) is 0 Å². The average molecular weight is 1310 g/mol. The van der Waals surface area contributed by atoms with Gasteiger partial charge in [0, 0.05) is 856 Å². The van der Waals surface area contributed by atoms with E-state index in [1.165, 1.54) is 0 Å². The van der Waals surface area contributed by atoms with Gasteiger partial charge in [-0.3, -0.25) is 0 Å². The lowest BCUT2D eigenvalue weighted by Crippen LogP contribution is -3.02. The van der Waals surface area contributed by atoms with Crippen molar-refractivity contribution < 1.29 is 0 Å². The molecule has 0 aromatic carbocycles. The quantitative estimate of drug-likeness (QED) is 0.0533. The normalized spacial score (nSPS) is 9.85. The maximum absolute atomic E-state index is 7.71. The maximum Gasteiger partial charge on any atom is 0 e. The smallest absolute Gasteiger partial charge is 0 e. The molecule has 0 aliphatic heterocycles. The van der Waals surface area contributed by atoms with Gasteiger partial charge >= 0.3 is 0 Å². The van der Waals surface area contributed by atoms with Crippen LogP contribution in [0.2, 0.25) is 0 Å². The summed E-state index contributed by atoms with van der Waals surface area (Å²) in [5.41, 5.74) is 0. The monoisotopic (exact) mass is 1330 g/mol. The highest BCUT2D eigenvalue weighted by Gasteiger charge is 2.71. The lowest BCUT2D eigenvalue weighted by atomic mass is 8.17. The van der Waals surface area contributed by atoms with Gasteiger partial charge in [-0.1, -0.05) is 0 Å². The van der Waals surface area contributed by atoms with Crippen LogP contribution in [0, 0.1) is 0 Å². The Morgan fingerprint density at radius 1 is 0.0744 bits per heavy atom. The van der Waals surface area contributed by atoms with E-state index in [4.69, 9.17) is 472 Å². The number of rotatable bonds is 59. The molecular weight excluding hydrogens is 1310 g/mol. The van der Waals surface area contributed by atoms with Crippen molar-refractivity contribution >= 4 is 856 Å². The average Bonchev–Trinajstić information content (AvgIpc) is 0.700. The number of hydrogen-bond donors (Lipinski definition) is 0. The van der Waals surface area contributed by atoms with Crippen LogP contribution in [0.25, 0.3) is 0 Å². The van der Waals surface area contributed by atoms with Crippen molar-refractivity contribution in [3.8, 4) is 0 Å². The minimum absolute atomic E-state index is 0.947. The van der Waals surface area contributed by atoms with Crippen molar-refractivity contribution in [1.82, 2.24) is 0 Å². The fourth-order valence-electron chi connectivity index (χ4n) is 22.1. The third kappa shape index (κ3) is 34.6. The van der Waals surface area contributed by atoms with Gasteiger partial charge in [-0.15, -0.1) is 0 Å². The maximum atomic E-state index is 7.71. The molecule has 0 rings (SSSR count). The lowest BCUT2D eigenvalue weighted by molar-refractivity contribution is 3.11. The Balaban J connectivity index is 16.7. The van der Waals surface area contributed by atoms with Crippen LogP contribution in [-0.2, 0) is 0 Å². The molecule has 0 aliphatic rings. The fourth-order valence-corrected chi connectivity index (χ4v) is 22.1. The van der Waals surface area contributed by atoms with Crippen molar-refractivity contribution in [1.29, 1.82) is 0 Å². The molecule has 0 atom stereocenters. The second kappa shape index (κ2) is 59.6. The Morgan fingerprint density at radius 2 is 0.132 bits per heavy atom. The molecule has 0 nitrogen and oxygen atoms in total. The van der Waals surface area contributed by atoms with E-state index in [1.54, 1.807) is 0 Å². The SMILES string of the molecule is [B][B]B(B([B])[B])B(B([B])[B])B(B(B(B([B])[B])B([B])[B])B(B([B])[B])B([B])[B])B(B(B(B(B([B])[B])B([B])[B])B(B([B])[B])B([B])[B])B(B(B([B])[B])B([B])[B])B(B([B])[B])B([B])[B])B(B(B(B(B([B])[B])B([B])[B])B(B([B])[B])B([B])[B])B(B(B([B])[B])B([B])[B])B(B([B])[B])B([B])[B])B(B(B(B([B])[B])B([B])[B])B(B([B])[B])B([B])[B])B(B(B([B])[B])B([B])[B])B(B([B])[B])B([B])[B]. The summed E-state index contributed by atoms with van der Waals surface area (Å²) in [6, 6.07) is 0. The summed E-state index contributed by atoms with van der Waals surface area (Å²) in [4.78, 5) is 0. The zero-order valence-electron chi connectivity index (χ0n) is 69.9. The Bertz CT molecular complexity index is 2130. The van der Waals surface area contributed by atoms with E-state index < -0.39 is 377 Å². The first-order chi connectivity index (χ1) is 55.1. The van der Waals surface area contributed by atoms with Crippen molar-refractivity contribution in [2.75, 3.05) is 0 Å². The third-order valence-corrected chi connectivity index (χ3v) is 26.0. The van der Waals surface area contributed by atoms with Crippen LogP contribution in [0.15, 0.2) is 0 Å². The van der Waals surface area contributed by atoms with E-state index in [1.807, 2.05) is 0 Å². The summed E-state index contributed by atoms with van der Waals surface area (Å²) in [5, 5.41) is 0. The van der Waals surface area contributed by atoms with Crippen LogP contribution in [0.5, 0.6) is 0 Å². The molecule has 121 heteroatoms. The zero-order valence-corrected chi connectivity index (χ0v) is 69.9. The van der Waals surface area contributed by atoms with Crippen LogP contribution >= 0.6 is 0 Å². The Morgan fingerprint density at radius 3 is 0.182 bits per heavy atom. The van der Waals surface area contributed by atoms with Gasteiger partial charge < -0.3 is 0 Å². The van der Waals surface area contributed by atoms with Crippen molar-refractivity contribution in [2.24, 2.45) is 0 Å². The summed E-state index contributed by atoms with van der Waals surface area (Å²) in [7, 11) is 449. The summed E-state index contributed by atoms with van der Waals surface area (Å²) in [5.74, 6) is 0. The van der Waals surface area contributed by atoms with Crippen molar-refractivity contribution in [3.63, 3.8) is 0 Å². The van der Waals surface area contributed by atoms with Gasteiger partial charge in [0.05, 0.1) is 0 Å². The predicted octanol–water partition coefficient (Wildman–Crippen LogP) is -46.1. The van der Waals surface area contributed by atoms with Crippen molar-refractivity contribution in [2.45, 2.75) is 0 Å². The van der Waals surface area contributed by atoms with Crippen LogP contribution in [0.4, 0.5) is 0 Å². The minimum atomic E-state index is -2.67. The molecule has 121 heavy (non-hydrogen) atoms. The molecule has 0 saturated heterocycles. The van der Waals surface area contributed by atoms with E-state index in [0.717, 1.165) is 7.06 Å². The van der Waals surface area contributed by atoms with Gasteiger partial charge in [0.15, 0.2) is 0 Å².